The van der Waals surface area contributed by atoms with Crippen LogP contribution in [0.3, 0.4) is 0 Å². The second kappa shape index (κ2) is 3.73. The fourth-order valence-corrected chi connectivity index (χ4v) is 2.14. The van der Waals surface area contributed by atoms with Gasteiger partial charge in [0.05, 0.1) is 17.8 Å². The Morgan fingerprint density at radius 3 is 2.82 bits per heavy atom. The Kier molecular flexibility index (Phi) is 2.21. The summed E-state index contributed by atoms with van der Waals surface area (Å²) in [6.07, 6.45) is 3.80. The van der Waals surface area contributed by atoms with Crippen molar-refractivity contribution in [3.63, 3.8) is 0 Å². The van der Waals surface area contributed by atoms with Gasteiger partial charge in [0.2, 0.25) is 0 Å². The lowest BCUT2D eigenvalue weighted by atomic mass is 10.2. The quantitative estimate of drug-likeness (QED) is 0.671. The zero-order valence-electron chi connectivity index (χ0n) is 9.96. The summed E-state index contributed by atoms with van der Waals surface area (Å²) >= 11 is 0. The van der Waals surface area contributed by atoms with Crippen LogP contribution in [0.15, 0.2) is 36.7 Å². The molecule has 4 heteroatoms. The van der Waals surface area contributed by atoms with Gasteiger partial charge in [-0.2, -0.15) is 5.10 Å². The van der Waals surface area contributed by atoms with Crippen LogP contribution in [0.5, 0.6) is 0 Å². The van der Waals surface area contributed by atoms with Crippen molar-refractivity contribution in [1.82, 2.24) is 19.3 Å². The lowest BCUT2D eigenvalue weighted by molar-refractivity contribution is 0.703. The van der Waals surface area contributed by atoms with Gasteiger partial charge in [-0.1, -0.05) is 18.2 Å². The van der Waals surface area contributed by atoms with Gasteiger partial charge in [0.15, 0.2) is 0 Å². The van der Waals surface area contributed by atoms with Crippen LogP contribution in [0.4, 0.5) is 0 Å². The Hall–Kier alpha value is -2.10. The third-order valence-electron chi connectivity index (χ3n) is 3.08. The van der Waals surface area contributed by atoms with E-state index in [0.29, 0.717) is 0 Å². The molecule has 0 aliphatic heterocycles. The molecule has 4 nitrogen and oxygen atoms in total. The predicted octanol–water partition coefficient (Wildman–Crippen LogP) is 2.13. The van der Waals surface area contributed by atoms with Crippen molar-refractivity contribution in [2.24, 2.45) is 7.05 Å². The molecular weight excluding hydrogens is 212 g/mol. The Morgan fingerprint density at radius 2 is 2.06 bits per heavy atom. The Morgan fingerprint density at radius 1 is 1.24 bits per heavy atom. The van der Waals surface area contributed by atoms with Crippen LogP contribution in [0.1, 0.15) is 11.5 Å². The van der Waals surface area contributed by atoms with Crippen LogP contribution in [0, 0.1) is 6.92 Å². The maximum atomic E-state index is 4.57. The largest absolute Gasteiger partial charge is 0.329 e. The van der Waals surface area contributed by atoms with E-state index in [1.807, 2.05) is 43.2 Å². The molecule has 17 heavy (non-hydrogen) atoms. The molecule has 1 aromatic carbocycles. The van der Waals surface area contributed by atoms with Gasteiger partial charge in [0, 0.05) is 24.8 Å². The second-order valence-electron chi connectivity index (χ2n) is 4.19. The fraction of sp³-hybridized carbons (Fsp3) is 0.231. The third kappa shape index (κ3) is 1.62. The Labute approximate surface area is 99.5 Å². The number of benzene rings is 1. The van der Waals surface area contributed by atoms with E-state index in [1.165, 1.54) is 10.9 Å². The van der Waals surface area contributed by atoms with Crippen molar-refractivity contribution in [3.05, 3.63) is 48.2 Å². The predicted molar refractivity (Wildman–Crippen MR) is 66.8 cm³/mol. The number of hydrogen-bond acceptors (Lipinski definition) is 2. The fourth-order valence-electron chi connectivity index (χ4n) is 2.14. The first kappa shape index (κ1) is 10.1. The smallest absolute Gasteiger partial charge is 0.105 e. The normalized spacial score (nSPS) is 11.2. The van der Waals surface area contributed by atoms with E-state index in [9.17, 15) is 0 Å². The lowest BCUT2D eigenvalue weighted by Crippen LogP contribution is -2.02. The van der Waals surface area contributed by atoms with E-state index in [1.54, 1.807) is 0 Å². The molecule has 0 radical (unpaired) electrons. The van der Waals surface area contributed by atoms with Gasteiger partial charge in [-0.05, 0) is 13.0 Å². The molecule has 0 saturated heterocycles. The molecule has 0 aliphatic rings. The molecule has 3 rings (SSSR count). The second-order valence-corrected chi connectivity index (χ2v) is 4.19. The Balaban J connectivity index is 2.09. The minimum atomic E-state index is 0.771. The van der Waals surface area contributed by atoms with E-state index < -0.39 is 0 Å². The molecule has 0 bridgehead atoms. The van der Waals surface area contributed by atoms with E-state index in [4.69, 9.17) is 0 Å². The molecule has 0 unspecified atom stereocenters. The molecule has 3 aromatic rings. The molecule has 0 spiro atoms. The molecule has 0 fully saturated rings. The monoisotopic (exact) mass is 226 g/mol. The summed E-state index contributed by atoms with van der Waals surface area (Å²) in [5.74, 6) is 1.01. The Bertz CT molecular complexity index is 663. The van der Waals surface area contributed by atoms with Gasteiger partial charge >= 0.3 is 0 Å². The van der Waals surface area contributed by atoms with Crippen molar-refractivity contribution in [2.45, 2.75) is 13.5 Å². The van der Waals surface area contributed by atoms with Crippen LogP contribution < -0.4 is 0 Å². The average Bonchev–Trinajstić information content (AvgIpc) is 2.87. The van der Waals surface area contributed by atoms with Crippen molar-refractivity contribution in [2.75, 3.05) is 0 Å². The number of para-hydroxylation sites is 1. The number of nitrogens with zero attached hydrogens (tertiary/aromatic N) is 4. The molecule has 0 saturated carbocycles. The minimum absolute atomic E-state index is 0.771. The molecule has 0 N–H and O–H groups in total. The first-order chi connectivity index (χ1) is 8.25. The number of aryl methyl sites for hydroxylation is 2. The van der Waals surface area contributed by atoms with Crippen molar-refractivity contribution in [3.8, 4) is 0 Å². The number of aromatic nitrogens is 4. The number of rotatable bonds is 2. The summed E-state index contributed by atoms with van der Waals surface area (Å²) in [5.41, 5.74) is 2.25. The molecule has 0 amide bonds. The third-order valence-corrected chi connectivity index (χ3v) is 3.08. The zero-order chi connectivity index (χ0) is 11.8. The summed E-state index contributed by atoms with van der Waals surface area (Å²) in [4.78, 5) is 4.23. The van der Waals surface area contributed by atoms with Gasteiger partial charge in [0.25, 0.3) is 0 Å². The minimum Gasteiger partial charge on any atom is -0.329 e. The van der Waals surface area contributed by atoms with Gasteiger partial charge in [0.1, 0.15) is 5.82 Å². The maximum absolute atomic E-state index is 4.57. The molecule has 0 aliphatic carbocycles. The standard InChI is InChI=1S/C13H14N4/c1-10-14-7-8-17(10)9-12-11-5-3-4-6-13(11)16(2)15-12/h3-8H,9H2,1-2H3. The zero-order valence-corrected chi connectivity index (χ0v) is 9.96. The summed E-state index contributed by atoms with van der Waals surface area (Å²) in [6.45, 7) is 2.78. The van der Waals surface area contributed by atoms with Crippen molar-refractivity contribution in [1.29, 1.82) is 0 Å². The van der Waals surface area contributed by atoms with E-state index >= 15 is 0 Å². The van der Waals surface area contributed by atoms with Crippen LogP contribution >= 0.6 is 0 Å². The molecule has 0 atom stereocenters. The number of hydrogen-bond donors (Lipinski definition) is 0. The van der Waals surface area contributed by atoms with E-state index in [-0.39, 0.29) is 0 Å². The maximum Gasteiger partial charge on any atom is 0.105 e. The van der Waals surface area contributed by atoms with Crippen LogP contribution in [-0.4, -0.2) is 19.3 Å². The molecule has 2 heterocycles. The summed E-state index contributed by atoms with van der Waals surface area (Å²) in [6, 6.07) is 8.29. The highest BCUT2D eigenvalue weighted by molar-refractivity contribution is 5.81. The first-order valence-electron chi connectivity index (χ1n) is 5.64. The van der Waals surface area contributed by atoms with Gasteiger partial charge in [-0.15, -0.1) is 0 Å². The molecular formula is C13H14N4. The van der Waals surface area contributed by atoms with Gasteiger partial charge in [-0.25, -0.2) is 4.98 Å². The van der Waals surface area contributed by atoms with Crippen LogP contribution in [-0.2, 0) is 13.6 Å². The number of imidazole rings is 1. The number of fused-ring (bicyclic) bond motifs is 1. The van der Waals surface area contributed by atoms with Gasteiger partial charge in [-0.3, -0.25) is 4.68 Å². The van der Waals surface area contributed by atoms with E-state index in [0.717, 1.165) is 18.1 Å². The topological polar surface area (TPSA) is 35.6 Å². The van der Waals surface area contributed by atoms with Crippen LogP contribution in [0.25, 0.3) is 10.9 Å². The van der Waals surface area contributed by atoms with Gasteiger partial charge < -0.3 is 4.57 Å². The van der Waals surface area contributed by atoms with Crippen molar-refractivity contribution < 1.29 is 0 Å². The molecule has 86 valence electrons. The highest BCUT2D eigenvalue weighted by atomic mass is 15.3. The first-order valence-corrected chi connectivity index (χ1v) is 5.64. The summed E-state index contributed by atoms with van der Waals surface area (Å²) in [5, 5.41) is 5.78. The lowest BCUT2D eigenvalue weighted by Gasteiger charge is -2.01. The SMILES string of the molecule is Cc1nccn1Cc1nn(C)c2ccccc12. The highest BCUT2D eigenvalue weighted by Crippen LogP contribution is 2.18. The van der Waals surface area contributed by atoms with Crippen molar-refractivity contribution >= 4 is 10.9 Å². The summed E-state index contributed by atoms with van der Waals surface area (Å²) in [7, 11) is 1.98. The average molecular weight is 226 g/mol. The highest BCUT2D eigenvalue weighted by Gasteiger charge is 2.08. The summed E-state index contributed by atoms with van der Waals surface area (Å²) < 4.78 is 4.03. The van der Waals surface area contributed by atoms with E-state index in [2.05, 4.69) is 26.8 Å². The molecule has 2 aromatic heterocycles. The van der Waals surface area contributed by atoms with Crippen LogP contribution in [0.2, 0.25) is 0 Å².